The number of benzene rings is 1. The second kappa shape index (κ2) is 8.80. The summed E-state index contributed by atoms with van der Waals surface area (Å²) in [7, 11) is 0. The maximum absolute atomic E-state index is 13.1. The van der Waals surface area contributed by atoms with Crippen LogP contribution in [0.25, 0.3) is 0 Å². The van der Waals surface area contributed by atoms with E-state index < -0.39 is 5.97 Å². The molecule has 2 fully saturated rings. The number of carboxylic acids is 1. The SMILES string of the molecule is CCN(CC(=O)O)C1CC(NC(=O)C2CCCN2Cc2ccc(F)cc2)C1. The first-order valence-electron chi connectivity index (χ1n) is 9.71. The highest BCUT2D eigenvalue weighted by Crippen LogP contribution is 2.27. The van der Waals surface area contributed by atoms with Crippen LogP contribution in [-0.4, -0.2) is 64.5 Å². The number of likely N-dealkylation sites (N-methyl/N-ethyl adjacent to an activating group) is 1. The summed E-state index contributed by atoms with van der Waals surface area (Å²) in [5.41, 5.74) is 1.01. The first kappa shape index (κ1) is 19.8. The lowest BCUT2D eigenvalue weighted by Gasteiger charge is -2.42. The number of hydrogen-bond acceptors (Lipinski definition) is 4. The molecule has 1 saturated heterocycles. The summed E-state index contributed by atoms with van der Waals surface area (Å²) in [5, 5.41) is 12.1. The second-order valence-corrected chi connectivity index (χ2v) is 7.54. The van der Waals surface area contributed by atoms with E-state index in [4.69, 9.17) is 5.11 Å². The summed E-state index contributed by atoms with van der Waals surface area (Å²) < 4.78 is 13.1. The van der Waals surface area contributed by atoms with Crippen LogP contribution in [0.5, 0.6) is 0 Å². The van der Waals surface area contributed by atoms with Crippen LogP contribution < -0.4 is 5.32 Å². The van der Waals surface area contributed by atoms with Crippen molar-refractivity contribution < 1.29 is 19.1 Å². The predicted octanol–water partition coefficient (Wildman–Crippen LogP) is 1.84. The molecule has 0 aromatic heterocycles. The number of carboxylic acid groups (broad SMARTS) is 1. The van der Waals surface area contributed by atoms with E-state index in [1.807, 2.05) is 11.8 Å². The minimum absolute atomic E-state index is 0.0515. The summed E-state index contributed by atoms with van der Waals surface area (Å²) >= 11 is 0. The molecule has 1 saturated carbocycles. The smallest absolute Gasteiger partial charge is 0.317 e. The van der Waals surface area contributed by atoms with Crippen molar-refractivity contribution in [1.29, 1.82) is 0 Å². The van der Waals surface area contributed by atoms with Crippen molar-refractivity contribution in [2.45, 2.75) is 57.3 Å². The number of hydrogen-bond donors (Lipinski definition) is 2. The maximum Gasteiger partial charge on any atom is 0.317 e. The Balaban J connectivity index is 1.48. The topological polar surface area (TPSA) is 72.9 Å². The lowest BCUT2D eigenvalue weighted by molar-refractivity contribution is -0.140. The first-order chi connectivity index (χ1) is 13.0. The number of likely N-dealkylation sites (tertiary alicyclic amines) is 1. The molecule has 1 aliphatic carbocycles. The molecule has 0 spiro atoms. The van der Waals surface area contributed by atoms with E-state index in [-0.39, 0.29) is 36.4 Å². The van der Waals surface area contributed by atoms with Crippen LogP contribution in [0, 0.1) is 5.82 Å². The number of carbonyl (C=O) groups excluding carboxylic acids is 1. The molecular formula is C20H28FN3O3. The Morgan fingerprint density at radius 1 is 1.30 bits per heavy atom. The molecule has 27 heavy (non-hydrogen) atoms. The highest BCUT2D eigenvalue weighted by Gasteiger charge is 2.37. The van der Waals surface area contributed by atoms with Gasteiger partial charge in [0.25, 0.3) is 0 Å². The normalized spacial score (nSPS) is 25.4. The van der Waals surface area contributed by atoms with Gasteiger partial charge in [0.2, 0.25) is 5.91 Å². The quantitative estimate of drug-likeness (QED) is 0.723. The fourth-order valence-corrected chi connectivity index (χ4v) is 4.11. The molecule has 1 unspecified atom stereocenters. The van der Waals surface area contributed by atoms with Crippen LogP contribution in [-0.2, 0) is 16.1 Å². The molecule has 1 heterocycles. The van der Waals surface area contributed by atoms with E-state index in [0.29, 0.717) is 13.1 Å². The van der Waals surface area contributed by atoms with Crippen LogP contribution in [0.3, 0.4) is 0 Å². The standard InChI is InChI=1S/C20H28FN3O3/c1-2-23(13-19(25)26)17-10-16(11-17)22-20(27)18-4-3-9-24(18)12-14-5-7-15(21)8-6-14/h5-8,16-18H,2-4,9-13H2,1H3,(H,22,27)(H,25,26). The van der Waals surface area contributed by atoms with Crippen LogP contribution in [0.15, 0.2) is 24.3 Å². The summed E-state index contributed by atoms with van der Waals surface area (Å²) in [6.07, 6.45) is 3.42. The average molecular weight is 377 g/mol. The molecule has 2 aliphatic rings. The van der Waals surface area contributed by atoms with Crippen molar-refractivity contribution in [2.75, 3.05) is 19.6 Å². The van der Waals surface area contributed by atoms with Gasteiger partial charge < -0.3 is 10.4 Å². The zero-order valence-electron chi connectivity index (χ0n) is 15.7. The largest absolute Gasteiger partial charge is 0.480 e. The molecule has 0 bridgehead atoms. The van der Waals surface area contributed by atoms with Crippen LogP contribution >= 0.6 is 0 Å². The van der Waals surface area contributed by atoms with Gasteiger partial charge >= 0.3 is 5.97 Å². The molecule has 148 valence electrons. The van der Waals surface area contributed by atoms with E-state index in [2.05, 4.69) is 10.2 Å². The van der Waals surface area contributed by atoms with Gasteiger partial charge in [-0.1, -0.05) is 19.1 Å². The highest BCUT2D eigenvalue weighted by molar-refractivity contribution is 5.82. The molecular weight excluding hydrogens is 349 g/mol. The van der Waals surface area contributed by atoms with E-state index in [1.54, 1.807) is 12.1 Å². The zero-order valence-corrected chi connectivity index (χ0v) is 15.7. The Bertz CT molecular complexity index is 661. The second-order valence-electron chi connectivity index (χ2n) is 7.54. The average Bonchev–Trinajstić information content (AvgIpc) is 3.06. The van der Waals surface area contributed by atoms with Crippen molar-refractivity contribution in [1.82, 2.24) is 15.1 Å². The lowest BCUT2D eigenvalue weighted by atomic mass is 9.85. The molecule has 1 aromatic rings. The molecule has 1 atom stereocenters. The predicted molar refractivity (Wildman–Crippen MR) is 99.7 cm³/mol. The molecule has 1 aromatic carbocycles. The van der Waals surface area contributed by atoms with Gasteiger partial charge in [0.05, 0.1) is 12.6 Å². The van der Waals surface area contributed by atoms with Gasteiger partial charge in [-0.2, -0.15) is 0 Å². The molecule has 2 N–H and O–H groups in total. The third-order valence-electron chi connectivity index (χ3n) is 5.69. The Hall–Kier alpha value is -1.99. The number of nitrogens with one attached hydrogen (secondary N) is 1. The molecule has 0 radical (unpaired) electrons. The van der Waals surface area contributed by atoms with Crippen LogP contribution in [0.4, 0.5) is 4.39 Å². The van der Waals surface area contributed by atoms with Crippen molar-refractivity contribution in [3.63, 3.8) is 0 Å². The van der Waals surface area contributed by atoms with Crippen molar-refractivity contribution >= 4 is 11.9 Å². The monoisotopic (exact) mass is 377 g/mol. The Morgan fingerprint density at radius 2 is 2.00 bits per heavy atom. The number of halogens is 1. The first-order valence-corrected chi connectivity index (χ1v) is 9.71. The lowest BCUT2D eigenvalue weighted by Crippen LogP contribution is -2.57. The van der Waals surface area contributed by atoms with Gasteiger partial charge in [-0.3, -0.25) is 19.4 Å². The molecule has 1 amide bonds. The van der Waals surface area contributed by atoms with E-state index in [1.165, 1.54) is 12.1 Å². The fraction of sp³-hybridized carbons (Fsp3) is 0.600. The van der Waals surface area contributed by atoms with E-state index >= 15 is 0 Å². The molecule has 1 aliphatic heterocycles. The summed E-state index contributed by atoms with van der Waals surface area (Å²) in [6.45, 7) is 4.22. The molecule has 7 heteroatoms. The number of amides is 1. The van der Waals surface area contributed by atoms with Crippen molar-refractivity contribution in [3.8, 4) is 0 Å². The third kappa shape index (κ3) is 5.05. The van der Waals surface area contributed by atoms with Gasteiger partial charge in [0.1, 0.15) is 5.82 Å². The Morgan fingerprint density at radius 3 is 2.63 bits per heavy atom. The summed E-state index contributed by atoms with van der Waals surface area (Å²) in [4.78, 5) is 27.7. The van der Waals surface area contributed by atoms with Crippen LogP contribution in [0.1, 0.15) is 38.2 Å². The fourth-order valence-electron chi connectivity index (χ4n) is 4.11. The summed E-state index contributed by atoms with van der Waals surface area (Å²) in [6, 6.07) is 6.64. The van der Waals surface area contributed by atoms with Crippen molar-refractivity contribution in [3.05, 3.63) is 35.6 Å². The van der Waals surface area contributed by atoms with Gasteiger partial charge in [-0.25, -0.2) is 4.39 Å². The van der Waals surface area contributed by atoms with Gasteiger partial charge in [0.15, 0.2) is 0 Å². The molecule has 3 rings (SSSR count). The van der Waals surface area contributed by atoms with E-state index in [9.17, 15) is 14.0 Å². The number of aliphatic carboxylic acids is 1. The van der Waals surface area contributed by atoms with Crippen molar-refractivity contribution in [2.24, 2.45) is 0 Å². The van der Waals surface area contributed by atoms with E-state index in [0.717, 1.165) is 37.8 Å². The number of carbonyl (C=O) groups is 2. The zero-order chi connectivity index (χ0) is 19.4. The minimum Gasteiger partial charge on any atom is -0.480 e. The molecule has 6 nitrogen and oxygen atoms in total. The maximum atomic E-state index is 13.1. The highest BCUT2D eigenvalue weighted by atomic mass is 19.1. The minimum atomic E-state index is -0.813. The number of rotatable bonds is 8. The summed E-state index contributed by atoms with van der Waals surface area (Å²) in [5.74, 6) is -1.01. The van der Waals surface area contributed by atoms with Gasteiger partial charge in [-0.15, -0.1) is 0 Å². The Labute approximate surface area is 159 Å². The Kier molecular flexibility index (Phi) is 6.44. The van der Waals surface area contributed by atoms with Gasteiger partial charge in [0, 0.05) is 18.6 Å². The van der Waals surface area contributed by atoms with Crippen LogP contribution in [0.2, 0.25) is 0 Å². The third-order valence-corrected chi connectivity index (χ3v) is 5.69. The number of nitrogens with zero attached hydrogens (tertiary/aromatic N) is 2. The van der Waals surface area contributed by atoms with Gasteiger partial charge in [-0.05, 0) is 56.5 Å².